The van der Waals surface area contributed by atoms with Crippen molar-refractivity contribution in [2.45, 2.75) is 25.0 Å². The zero-order valence-electron chi connectivity index (χ0n) is 15.6. The minimum absolute atomic E-state index is 0.0413. The number of hydrogen-bond donors (Lipinski definition) is 0. The van der Waals surface area contributed by atoms with E-state index < -0.39 is 0 Å². The van der Waals surface area contributed by atoms with Crippen LogP contribution in [-0.4, -0.2) is 47.5 Å². The highest BCUT2D eigenvalue weighted by Gasteiger charge is 2.23. The van der Waals surface area contributed by atoms with Gasteiger partial charge in [-0.1, -0.05) is 66.4 Å². The molecule has 1 fully saturated rings. The number of carbonyl (C=O) groups excluding carboxylic acids is 2. The van der Waals surface area contributed by atoms with Crippen molar-refractivity contribution in [3.63, 3.8) is 0 Å². The summed E-state index contributed by atoms with van der Waals surface area (Å²) in [7, 11) is 0. The summed E-state index contributed by atoms with van der Waals surface area (Å²) < 4.78 is 5.31. The molecule has 0 radical (unpaired) electrons. The van der Waals surface area contributed by atoms with Gasteiger partial charge in [0.15, 0.2) is 5.12 Å². The summed E-state index contributed by atoms with van der Waals surface area (Å²) in [5, 5.41) is 0.0103. The Balaban J connectivity index is 1.65. The molecule has 2 aromatic rings. The van der Waals surface area contributed by atoms with Crippen LogP contribution in [0.5, 0.6) is 0 Å². The fourth-order valence-electron chi connectivity index (χ4n) is 3.25. The number of ether oxygens (including phenoxy) is 1. The molecule has 0 N–H and O–H groups in total. The summed E-state index contributed by atoms with van der Waals surface area (Å²) in [6.45, 7) is 4.04. The molecule has 1 saturated heterocycles. The molecular formula is C22H25NO3S. The Morgan fingerprint density at radius 2 is 1.63 bits per heavy atom. The molecule has 1 aliphatic rings. The van der Waals surface area contributed by atoms with Crippen molar-refractivity contribution in [3.05, 3.63) is 60.2 Å². The SMILES string of the molecule is CC(=O)SC(CC(=O)N1CCOCC1)Cc1ccc(-c2ccccc2)cc1. The molecule has 0 aromatic heterocycles. The predicted octanol–water partition coefficient (Wildman–Crippen LogP) is 3.79. The number of hydrogen-bond acceptors (Lipinski definition) is 4. The van der Waals surface area contributed by atoms with Crippen molar-refractivity contribution >= 4 is 22.8 Å². The average Bonchev–Trinajstić information content (AvgIpc) is 2.69. The van der Waals surface area contributed by atoms with Gasteiger partial charge < -0.3 is 9.64 Å². The molecular weight excluding hydrogens is 358 g/mol. The maximum absolute atomic E-state index is 12.6. The quantitative estimate of drug-likeness (QED) is 0.761. The second kappa shape index (κ2) is 9.72. The Bertz CT molecular complexity index is 755. The number of benzene rings is 2. The lowest BCUT2D eigenvalue weighted by molar-refractivity contribution is -0.135. The van der Waals surface area contributed by atoms with Crippen LogP contribution in [0.25, 0.3) is 11.1 Å². The van der Waals surface area contributed by atoms with E-state index >= 15 is 0 Å². The van der Waals surface area contributed by atoms with E-state index in [2.05, 4.69) is 36.4 Å². The lowest BCUT2D eigenvalue weighted by Crippen LogP contribution is -2.41. The Morgan fingerprint density at radius 3 is 2.26 bits per heavy atom. The highest BCUT2D eigenvalue weighted by molar-refractivity contribution is 8.14. The molecule has 3 rings (SSSR count). The lowest BCUT2D eigenvalue weighted by Gasteiger charge is -2.28. The molecule has 1 heterocycles. The van der Waals surface area contributed by atoms with Crippen molar-refractivity contribution < 1.29 is 14.3 Å². The minimum Gasteiger partial charge on any atom is -0.378 e. The smallest absolute Gasteiger partial charge is 0.223 e. The van der Waals surface area contributed by atoms with Crippen molar-refractivity contribution in [1.82, 2.24) is 4.90 Å². The summed E-state index contributed by atoms with van der Waals surface area (Å²) >= 11 is 1.27. The Hall–Kier alpha value is -2.11. The molecule has 1 unspecified atom stereocenters. The largest absolute Gasteiger partial charge is 0.378 e. The van der Waals surface area contributed by atoms with E-state index in [4.69, 9.17) is 4.74 Å². The molecule has 0 aliphatic carbocycles. The number of morpholine rings is 1. The van der Waals surface area contributed by atoms with Crippen molar-refractivity contribution in [1.29, 1.82) is 0 Å². The van der Waals surface area contributed by atoms with Crippen LogP contribution in [0.4, 0.5) is 0 Å². The molecule has 4 nitrogen and oxygen atoms in total. The van der Waals surface area contributed by atoms with Crippen LogP contribution in [0.1, 0.15) is 18.9 Å². The van der Waals surface area contributed by atoms with Crippen molar-refractivity contribution in [2.75, 3.05) is 26.3 Å². The standard InChI is InChI=1S/C22H25NO3S/c1-17(24)27-21(16-22(25)23-11-13-26-14-12-23)15-18-7-9-20(10-8-18)19-5-3-2-4-6-19/h2-10,21H,11-16H2,1H3. The van der Waals surface area contributed by atoms with Gasteiger partial charge in [0, 0.05) is 31.7 Å². The summed E-state index contributed by atoms with van der Waals surface area (Å²) in [5.74, 6) is 0.109. The number of amides is 1. The number of rotatable bonds is 6. The monoisotopic (exact) mass is 383 g/mol. The highest BCUT2D eigenvalue weighted by Crippen LogP contribution is 2.24. The van der Waals surface area contributed by atoms with E-state index in [0.717, 1.165) is 5.56 Å². The van der Waals surface area contributed by atoms with Gasteiger partial charge in [0.1, 0.15) is 0 Å². The van der Waals surface area contributed by atoms with Gasteiger partial charge in [-0.15, -0.1) is 0 Å². The zero-order valence-corrected chi connectivity index (χ0v) is 16.4. The molecule has 2 aromatic carbocycles. The Morgan fingerprint density at radius 1 is 1.00 bits per heavy atom. The van der Waals surface area contributed by atoms with E-state index in [0.29, 0.717) is 39.1 Å². The topological polar surface area (TPSA) is 46.6 Å². The first-order chi connectivity index (χ1) is 13.1. The summed E-state index contributed by atoms with van der Waals surface area (Å²) in [4.78, 5) is 26.1. The molecule has 0 bridgehead atoms. The van der Waals surface area contributed by atoms with Gasteiger partial charge in [0.25, 0.3) is 0 Å². The maximum Gasteiger partial charge on any atom is 0.223 e. The molecule has 1 aliphatic heterocycles. The number of thioether (sulfide) groups is 1. The molecule has 0 spiro atoms. The van der Waals surface area contributed by atoms with Crippen molar-refractivity contribution in [3.8, 4) is 11.1 Å². The first-order valence-electron chi connectivity index (χ1n) is 9.29. The fraction of sp³-hybridized carbons (Fsp3) is 0.364. The van der Waals surface area contributed by atoms with Gasteiger partial charge in [-0.3, -0.25) is 9.59 Å². The molecule has 1 amide bonds. The first-order valence-corrected chi connectivity index (χ1v) is 10.2. The van der Waals surface area contributed by atoms with Crippen LogP contribution in [0, 0.1) is 0 Å². The molecule has 1 atom stereocenters. The summed E-state index contributed by atoms with van der Waals surface area (Å²) in [6, 6.07) is 18.6. The second-order valence-electron chi connectivity index (χ2n) is 6.70. The van der Waals surface area contributed by atoms with Crippen LogP contribution in [0.15, 0.2) is 54.6 Å². The van der Waals surface area contributed by atoms with Gasteiger partial charge in [-0.25, -0.2) is 0 Å². The maximum atomic E-state index is 12.6. The Kier molecular flexibility index (Phi) is 7.07. The molecule has 0 saturated carbocycles. The van der Waals surface area contributed by atoms with Gasteiger partial charge in [0.05, 0.1) is 13.2 Å². The van der Waals surface area contributed by atoms with Crippen molar-refractivity contribution in [2.24, 2.45) is 0 Å². The second-order valence-corrected chi connectivity index (χ2v) is 8.17. The predicted molar refractivity (Wildman–Crippen MR) is 110 cm³/mol. The molecule has 142 valence electrons. The molecule has 5 heteroatoms. The minimum atomic E-state index is -0.0413. The zero-order chi connectivity index (χ0) is 19.1. The lowest BCUT2D eigenvalue weighted by atomic mass is 10.0. The van der Waals surface area contributed by atoms with E-state index in [-0.39, 0.29) is 16.3 Å². The van der Waals surface area contributed by atoms with Crippen LogP contribution in [-0.2, 0) is 20.7 Å². The van der Waals surface area contributed by atoms with E-state index in [1.54, 1.807) is 6.92 Å². The average molecular weight is 384 g/mol. The number of carbonyl (C=O) groups is 2. The highest BCUT2D eigenvalue weighted by atomic mass is 32.2. The van der Waals surface area contributed by atoms with E-state index in [1.165, 1.54) is 22.9 Å². The van der Waals surface area contributed by atoms with Crippen LogP contribution in [0.2, 0.25) is 0 Å². The fourth-order valence-corrected chi connectivity index (χ4v) is 4.22. The van der Waals surface area contributed by atoms with Gasteiger partial charge in [0.2, 0.25) is 5.91 Å². The van der Waals surface area contributed by atoms with E-state index in [9.17, 15) is 9.59 Å². The first kappa shape index (κ1) is 19.6. The third kappa shape index (κ3) is 5.94. The summed E-state index contributed by atoms with van der Waals surface area (Å²) in [6.07, 6.45) is 1.08. The molecule has 27 heavy (non-hydrogen) atoms. The van der Waals surface area contributed by atoms with Crippen LogP contribution >= 0.6 is 11.8 Å². The van der Waals surface area contributed by atoms with Crippen LogP contribution < -0.4 is 0 Å². The Labute approximate surface area is 164 Å². The third-order valence-electron chi connectivity index (χ3n) is 4.62. The van der Waals surface area contributed by atoms with E-state index in [1.807, 2.05) is 23.1 Å². The van der Waals surface area contributed by atoms with Gasteiger partial charge in [-0.2, -0.15) is 0 Å². The van der Waals surface area contributed by atoms with Gasteiger partial charge >= 0.3 is 0 Å². The summed E-state index contributed by atoms with van der Waals surface area (Å²) in [5.41, 5.74) is 3.49. The van der Waals surface area contributed by atoms with Gasteiger partial charge in [-0.05, 0) is 23.1 Å². The number of nitrogens with zero attached hydrogens (tertiary/aromatic N) is 1. The normalized spacial score (nSPS) is 15.4. The third-order valence-corrected chi connectivity index (χ3v) is 5.62. The van der Waals surface area contributed by atoms with Crippen LogP contribution in [0.3, 0.4) is 0 Å².